The lowest BCUT2D eigenvalue weighted by molar-refractivity contribution is 0.102. The fraction of sp³-hybridized carbons (Fsp3) is 0.111. The molecule has 4 nitrogen and oxygen atoms in total. The van der Waals surface area contributed by atoms with Gasteiger partial charge in [0.2, 0.25) is 0 Å². The normalized spacial score (nSPS) is 10.6. The van der Waals surface area contributed by atoms with Crippen LogP contribution in [0.3, 0.4) is 0 Å². The summed E-state index contributed by atoms with van der Waals surface area (Å²) in [4.78, 5) is 19.0. The molecular weight excluding hydrogens is 344 g/mol. The van der Waals surface area contributed by atoms with Gasteiger partial charge in [0.1, 0.15) is 16.5 Å². The number of thiazole rings is 1. The summed E-state index contributed by atoms with van der Waals surface area (Å²) in [6, 6.07) is 12.5. The van der Waals surface area contributed by atoms with Crippen LogP contribution in [0.4, 0.5) is 25.3 Å². The van der Waals surface area contributed by atoms with E-state index >= 15 is 0 Å². The fourth-order valence-electron chi connectivity index (χ4n) is 2.27. The second kappa shape index (κ2) is 6.98. The van der Waals surface area contributed by atoms with Gasteiger partial charge in [-0.1, -0.05) is 29.5 Å². The minimum Gasteiger partial charge on any atom is -0.321 e. The second-order valence-electron chi connectivity index (χ2n) is 5.38. The molecule has 0 spiro atoms. The van der Waals surface area contributed by atoms with E-state index in [1.165, 1.54) is 11.3 Å². The number of carbonyl (C=O) groups excluding carboxylic acids is 1. The van der Waals surface area contributed by atoms with Gasteiger partial charge in [-0.3, -0.25) is 4.79 Å². The lowest BCUT2D eigenvalue weighted by atomic mass is 10.3. The maximum Gasteiger partial charge on any atom is 0.267 e. The number of halogens is 2. The van der Waals surface area contributed by atoms with Crippen molar-refractivity contribution in [3.05, 3.63) is 70.7 Å². The van der Waals surface area contributed by atoms with Crippen LogP contribution in [-0.2, 0) is 0 Å². The molecule has 2 aromatic carbocycles. The van der Waals surface area contributed by atoms with E-state index < -0.39 is 17.5 Å². The molecule has 0 radical (unpaired) electrons. The largest absolute Gasteiger partial charge is 0.321 e. The van der Waals surface area contributed by atoms with Crippen LogP contribution in [0.1, 0.15) is 15.4 Å². The highest BCUT2D eigenvalue weighted by atomic mass is 32.1. The molecule has 3 aromatic rings. The number of hydrogen-bond acceptors (Lipinski definition) is 4. The summed E-state index contributed by atoms with van der Waals surface area (Å²) in [7, 11) is 1.85. The first-order chi connectivity index (χ1) is 12.0. The van der Waals surface area contributed by atoms with Crippen molar-refractivity contribution in [2.24, 2.45) is 0 Å². The molecule has 1 heterocycles. The van der Waals surface area contributed by atoms with E-state index in [1.54, 1.807) is 6.92 Å². The Morgan fingerprint density at radius 3 is 2.60 bits per heavy atom. The molecule has 128 valence electrons. The number of nitrogens with one attached hydrogen (secondary N) is 1. The first-order valence-electron chi connectivity index (χ1n) is 7.48. The van der Waals surface area contributed by atoms with Crippen molar-refractivity contribution in [1.29, 1.82) is 0 Å². The maximum absolute atomic E-state index is 13.7. The number of para-hydroxylation sites is 1. The zero-order valence-corrected chi connectivity index (χ0v) is 14.4. The molecule has 1 N–H and O–H groups in total. The van der Waals surface area contributed by atoms with Gasteiger partial charge in [-0.2, -0.15) is 0 Å². The Morgan fingerprint density at radius 1 is 1.16 bits per heavy atom. The van der Waals surface area contributed by atoms with Crippen molar-refractivity contribution in [2.75, 3.05) is 17.3 Å². The lowest BCUT2D eigenvalue weighted by Gasteiger charge is -2.15. The van der Waals surface area contributed by atoms with Gasteiger partial charge in [0, 0.05) is 18.8 Å². The van der Waals surface area contributed by atoms with Crippen molar-refractivity contribution < 1.29 is 13.6 Å². The number of rotatable bonds is 4. The van der Waals surface area contributed by atoms with Crippen molar-refractivity contribution in [1.82, 2.24) is 4.98 Å². The minimum absolute atomic E-state index is 0.198. The minimum atomic E-state index is -0.696. The molecule has 0 saturated carbocycles. The fourth-order valence-corrected chi connectivity index (χ4v) is 3.22. The van der Waals surface area contributed by atoms with Crippen LogP contribution in [0.5, 0.6) is 0 Å². The first-order valence-corrected chi connectivity index (χ1v) is 8.30. The molecule has 0 aliphatic carbocycles. The van der Waals surface area contributed by atoms with Gasteiger partial charge < -0.3 is 10.2 Å². The van der Waals surface area contributed by atoms with E-state index in [0.717, 1.165) is 23.9 Å². The van der Waals surface area contributed by atoms with Crippen LogP contribution in [0.15, 0.2) is 48.5 Å². The number of aromatic nitrogens is 1. The van der Waals surface area contributed by atoms with Crippen molar-refractivity contribution in [2.45, 2.75) is 6.92 Å². The van der Waals surface area contributed by atoms with Crippen LogP contribution in [0, 0.1) is 18.6 Å². The van der Waals surface area contributed by atoms with Crippen LogP contribution < -0.4 is 10.2 Å². The molecule has 0 aliphatic heterocycles. The molecule has 0 aliphatic rings. The highest BCUT2D eigenvalue weighted by molar-refractivity contribution is 7.17. The van der Waals surface area contributed by atoms with Crippen LogP contribution in [0.25, 0.3) is 0 Å². The Morgan fingerprint density at radius 2 is 1.88 bits per heavy atom. The standard InChI is InChI=1S/C18H15F2N3OS/c1-11-16(17(24)22-15-10-12(19)8-9-14(15)20)25-18(21-11)23(2)13-6-4-3-5-7-13/h3-10H,1-2H3,(H,22,24). The molecule has 0 bridgehead atoms. The van der Waals surface area contributed by atoms with Gasteiger partial charge in [0.05, 0.1) is 11.4 Å². The summed E-state index contributed by atoms with van der Waals surface area (Å²) in [5.74, 6) is -1.84. The van der Waals surface area contributed by atoms with Gasteiger partial charge in [0.15, 0.2) is 5.13 Å². The molecular formula is C18H15F2N3OS. The third-order valence-corrected chi connectivity index (χ3v) is 4.83. The Hall–Kier alpha value is -2.80. The van der Waals surface area contributed by atoms with E-state index in [4.69, 9.17) is 0 Å². The van der Waals surface area contributed by atoms with Crippen LogP contribution in [0.2, 0.25) is 0 Å². The molecule has 25 heavy (non-hydrogen) atoms. The van der Waals surface area contributed by atoms with Crippen LogP contribution in [-0.4, -0.2) is 17.9 Å². The highest BCUT2D eigenvalue weighted by Gasteiger charge is 2.19. The maximum atomic E-state index is 13.7. The predicted molar refractivity (Wildman–Crippen MR) is 95.7 cm³/mol. The average Bonchev–Trinajstić information content (AvgIpc) is 3.00. The first kappa shape index (κ1) is 17.0. The number of hydrogen-bond donors (Lipinski definition) is 1. The smallest absolute Gasteiger partial charge is 0.267 e. The Kier molecular flexibility index (Phi) is 4.76. The number of aryl methyl sites for hydroxylation is 1. The van der Waals surface area contributed by atoms with Gasteiger partial charge >= 0.3 is 0 Å². The van der Waals surface area contributed by atoms with Crippen molar-refractivity contribution in [3.8, 4) is 0 Å². The summed E-state index contributed by atoms with van der Waals surface area (Å²) < 4.78 is 26.9. The average molecular weight is 359 g/mol. The van der Waals surface area contributed by atoms with E-state index in [2.05, 4.69) is 10.3 Å². The zero-order valence-electron chi connectivity index (χ0n) is 13.6. The Balaban J connectivity index is 1.85. The predicted octanol–water partition coefficient (Wildman–Crippen LogP) is 4.75. The molecule has 0 fully saturated rings. The Bertz CT molecular complexity index is 912. The summed E-state index contributed by atoms with van der Waals surface area (Å²) in [6.07, 6.45) is 0. The lowest BCUT2D eigenvalue weighted by Crippen LogP contribution is -2.13. The summed E-state index contributed by atoms with van der Waals surface area (Å²) in [5, 5.41) is 3.03. The van der Waals surface area contributed by atoms with E-state index in [9.17, 15) is 13.6 Å². The SMILES string of the molecule is Cc1nc(N(C)c2ccccc2)sc1C(=O)Nc1cc(F)ccc1F. The quantitative estimate of drug-likeness (QED) is 0.731. The molecule has 7 heteroatoms. The Labute approximate surface area is 147 Å². The number of carbonyl (C=O) groups is 1. The second-order valence-corrected chi connectivity index (χ2v) is 6.36. The molecule has 0 unspecified atom stereocenters. The van der Waals surface area contributed by atoms with Gasteiger partial charge in [0.25, 0.3) is 5.91 Å². The molecule has 3 rings (SSSR count). The number of anilines is 3. The van der Waals surface area contributed by atoms with Gasteiger partial charge in [-0.05, 0) is 31.2 Å². The van der Waals surface area contributed by atoms with E-state index in [1.807, 2.05) is 42.3 Å². The summed E-state index contributed by atoms with van der Waals surface area (Å²) in [5.41, 5.74) is 1.26. The third kappa shape index (κ3) is 3.66. The molecule has 0 atom stereocenters. The molecule has 1 amide bonds. The number of benzene rings is 2. The van der Waals surface area contributed by atoms with E-state index in [-0.39, 0.29) is 5.69 Å². The molecule has 1 aromatic heterocycles. The van der Waals surface area contributed by atoms with E-state index in [0.29, 0.717) is 15.7 Å². The molecule has 0 saturated heterocycles. The van der Waals surface area contributed by atoms with Crippen LogP contribution >= 0.6 is 11.3 Å². The summed E-state index contributed by atoms with van der Waals surface area (Å²) in [6.45, 7) is 1.70. The van der Waals surface area contributed by atoms with Crippen molar-refractivity contribution >= 4 is 33.8 Å². The third-order valence-electron chi connectivity index (χ3n) is 3.60. The van der Waals surface area contributed by atoms with Crippen molar-refractivity contribution in [3.63, 3.8) is 0 Å². The topological polar surface area (TPSA) is 45.2 Å². The zero-order chi connectivity index (χ0) is 18.0. The number of nitrogens with zero attached hydrogens (tertiary/aromatic N) is 2. The number of amides is 1. The van der Waals surface area contributed by atoms with Gasteiger partial charge in [-0.15, -0.1) is 0 Å². The highest BCUT2D eigenvalue weighted by Crippen LogP contribution is 2.31. The summed E-state index contributed by atoms with van der Waals surface area (Å²) >= 11 is 1.19. The monoisotopic (exact) mass is 359 g/mol. The van der Waals surface area contributed by atoms with Gasteiger partial charge in [-0.25, -0.2) is 13.8 Å².